The average Bonchev–Trinajstić information content (AvgIpc) is 2.89. The number of amidine groups is 1. The maximum Gasteiger partial charge on any atom is 0.264 e. The van der Waals surface area contributed by atoms with Crippen LogP contribution in [0.5, 0.6) is 5.75 Å². The van der Waals surface area contributed by atoms with Crippen molar-refractivity contribution in [1.82, 2.24) is 5.32 Å². The number of aliphatic imine (C=N–C) groups is 1. The Balaban J connectivity index is 1.90. The second-order valence-electron chi connectivity index (χ2n) is 5.18. The highest BCUT2D eigenvalue weighted by atomic mass is 35.5. The van der Waals surface area contributed by atoms with Gasteiger partial charge in [0.1, 0.15) is 11.4 Å². The molecule has 1 amide bonds. The first-order valence-electron chi connectivity index (χ1n) is 7.25. The number of amides is 1. The minimum absolute atomic E-state index is 0.190. The van der Waals surface area contributed by atoms with Gasteiger partial charge in [-0.25, -0.2) is 4.99 Å². The van der Waals surface area contributed by atoms with E-state index in [2.05, 4.69) is 10.3 Å². The minimum Gasteiger partial charge on any atom is -0.494 e. The van der Waals surface area contributed by atoms with Crippen LogP contribution in [0.4, 0.5) is 5.69 Å². The molecular formula is C18H15ClN2O2S. The number of carbonyl (C=O) groups is 1. The molecule has 1 heterocycles. The molecule has 6 heteroatoms. The molecule has 1 fully saturated rings. The molecule has 3 rings (SSSR count). The Labute approximate surface area is 149 Å². The van der Waals surface area contributed by atoms with Crippen LogP contribution in [0.25, 0.3) is 6.08 Å². The van der Waals surface area contributed by atoms with Crippen LogP contribution < -0.4 is 10.1 Å². The Bertz CT molecular complexity index is 862. The average molecular weight is 359 g/mol. The number of carbonyl (C=O) groups excluding carboxylic acids is 1. The molecule has 0 bridgehead atoms. The van der Waals surface area contributed by atoms with Crippen LogP contribution in [0.2, 0.25) is 5.02 Å². The number of thioether (sulfide) groups is 1. The summed E-state index contributed by atoms with van der Waals surface area (Å²) in [7, 11) is 1.59. The van der Waals surface area contributed by atoms with Gasteiger partial charge in [0.05, 0.1) is 12.0 Å². The van der Waals surface area contributed by atoms with Crippen molar-refractivity contribution < 1.29 is 9.53 Å². The second-order valence-corrected chi connectivity index (χ2v) is 6.62. The van der Waals surface area contributed by atoms with Crippen LogP contribution in [0.3, 0.4) is 0 Å². The van der Waals surface area contributed by atoms with Crippen molar-refractivity contribution in [3.63, 3.8) is 0 Å². The summed E-state index contributed by atoms with van der Waals surface area (Å²) in [4.78, 5) is 17.2. The molecule has 0 atom stereocenters. The number of nitrogens with zero attached hydrogens (tertiary/aromatic N) is 1. The van der Waals surface area contributed by atoms with Gasteiger partial charge in [-0.05, 0) is 54.1 Å². The largest absolute Gasteiger partial charge is 0.494 e. The second kappa shape index (κ2) is 7.11. The summed E-state index contributed by atoms with van der Waals surface area (Å²) in [6.45, 7) is 1.98. The third kappa shape index (κ3) is 3.63. The van der Waals surface area contributed by atoms with Crippen LogP contribution in [-0.4, -0.2) is 18.2 Å². The van der Waals surface area contributed by atoms with Crippen molar-refractivity contribution in [1.29, 1.82) is 0 Å². The van der Waals surface area contributed by atoms with Gasteiger partial charge in [-0.2, -0.15) is 0 Å². The van der Waals surface area contributed by atoms with Crippen molar-refractivity contribution in [2.75, 3.05) is 7.11 Å². The Kier molecular flexibility index (Phi) is 4.92. The number of aryl methyl sites for hydroxylation is 1. The molecule has 0 aromatic heterocycles. The van der Waals surface area contributed by atoms with Gasteiger partial charge in [0.2, 0.25) is 0 Å². The van der Waals surface area contributed by atoms with Gasteiger partial charge in [-0.15, -0.1) is 0 Å². The lowest BCUT2D eigenvalue weighted by Crippen LogP contribution is -2.19. The highest BCUT2D eigenvalue weighted by Crippen LogP contribution is 2.33. The number of hydrogen-bond acceptors (Lipinski definition) is 4. The third-order valence-electron chi connectivity index (χ3n) is 3.40. The van der Waals surface area contributed by atoms with E-state index in [1.165, 1.54) is 11.8 Å². The standard InChI is InChI=1S/C18H15ClN2O2S/c1-11-7-8-15(23-2)14(9-11)20-18-21-17(22)16(24-18)10-12-5-3-4-6-13(12)19/h3-10H,1-2H3,(H,20,21,22)/b16-10-. The summed E-state index contributed by atoms with van der Waals surface area (Å²) in [6.07, 6.45) is 1.76. The molecule has 0 spiro atoms. The van der Waals surface area contributed by atoms with Crippen molar-refractivity contribution >= 4 is 46.2 Å². The molecule has 0 unspecified atom stereocenters. The van der Waals surface area contributed by atoms with Gasteiger partial charge in [0, 0.05) is 5.02 Å². The number of halogens is 1. The molecule has 2 aromatic carbocycles. The van der Waals surface area contributed by atoms with E-state index in [0.29, 0.717) is 26.5 Å². The summed E-state index contributed by atoms with van der Waals surface area (Å²) in [5.41, 5.74) is 2.54. The monoisotopic (exact) mass is 358 g/mol. The fourth-order valence-corrected chi connectivity index (χ4v) is 3.23. The lowest BCUT2D eigenvalue weighted by molar-refractivity contribution is -0.115. The molecule has 4 nitrogen and oxygen atoms in total. The number of hydrogen-bond donors (Lipinski definition) is 1. The molecule has 1 aliphatic heterocycles. The number of ether oxygens (including phenoxy) is 1. The quantitative estimate of drug-likeness (QED) is 0.819. The Morgan fingerprint density at radius 3 is 2.79 bits per heavy atom. The van der Waals surface area contributed by atoms with Gasteiger partial charge < -0.3 is 10.1 Å². The van der Waals surface area contributed by atoms with E-state index < -0.39 is 0 Å². The summed E-state index contributed by atoms with van der Waals surface area (Å²) < 4.78 is 5.31. The molecule has 0 aliphatic carbocycles. The predicted molar refractivity (Wildman–Crippen MR) is 100.0 cm³/mol. The van der Waals surface area contributed by atoms with Crippen LogP contribution in [0, 0.1) is 6.92 Å². The summed E-state index contributed by atoms with van der Waals surface area (Å²) in [5.74, 6) is 0.469. The van der Waals surface area contributed by atoms with Crippen molar-refractivity contribution in [3.05, 3.63) is 63.5 Å². The van der Waals surface area contributed by atoms with Gasteiger partial charge in [-0.3, -0.25) is 4.79 Å². The zero-order valence-corrected chi connectivity index (χ0v) is 14.7. The molecule has 2 aromatic rings. The highest BCUT2D eigenvalue weighted by molar-refractivity contribution is 8.18. The number of benzene rings is 2. The van der Waals surface area contributed by atoms with Crippen molar-refractivity contribution in [2.45, 2.75) is 6.92 Å². The van der Waals surface area contributed by atoms with E-state index in [1.807, 2.05) is 43.3 Å². The predicted octanol–water partition coefficient (Wildman–Crippen LogP) is 4.55. The molecular weight excluding hydrogens is 344 g/mol. The number of nitrogens with one attached hydrogen (secondary N) is 1. The topological polar surface area (TPSA) is 50.7 Å². The normalized spacial score (nSPS) is 17.4. The molecule has 1 aliphatic rings. The molecule has 0 saturated carbocycles. The smallest absolute Gasteiger partial charge is 0.264 e. The Morgan fingerprint density at radius 2 is 2.04 bits per heavy atom. The van der Waals surface area contributed by atoms with Gasteiger partial charge in [-0.1, -0.05) is 35.9 Å². The van der Waals surface area contributed by atoms with E-state index >= 15 is 0 Å². The van der Waals surface area contributed by atoms with Crippen molar-refractivity contribution in [2.24, 2.45) is 4.99 Å². The van der Waals surface area contributed by atoms with Crippen molar-refractivity contribution in [3.8, 4) is 5.75 Å². The van der Waals surface area contributed by atoms with Crippen LogP contribution in [0.1, 0.15) is 11.1 Å². The van der Waals surface area contributed by atoms with Crippen LogP contribution in [-0.2, 0) is 4.79 Å². The zero-order valence-electron chi connectivity index (χ0n) is 13.2. The molecule has 1 saturated heterocycles. The summed E-state index contributed by atoms with van der Waals surface area (Å²) in [5, 5.41) is 3.89. The number of methoxy groups -OCH3 is 1. The lowest BCUT2D eigenvalue weighted by atomic mass is 10.2. The lowest BCUT2D eigenvalue weighted by Gasteiger charge is -2.05. The molecule has 0 radical (unpaired) electrons. The van der Waals surface area contributed by atoms with E-state index in [1.54, 1.807) is 19.3 Å². The molecule has 1 N–H and O–H groups in total. The molecule has 122 valence electrons. The van der Waals surface area contributed by atoms with Gasteiger partial charge in [0.25, 0.3) is 5.91 Å². The zero-order chi connectivity index (χ0) is 17.1. The first kappa shape index (κ1) is 16.6. The third-order valence-corrected chi connectivity index (χ3v) is 4.65. The van der Waals surface area contributed by atoms with E-state index in [-0.39, 0.29) is 5.91 Å². The first-order valence-corrected chi connectivity index (χ1v) is 8.45. The Morgan fingerprint density at radius 1 is 1.25 bits per heavy atom. The maximum atomic E-state index is 12.2. The van der Waals surface area contributed by atoms with Crippen LogP contribution in [0.15, 0.2) is 52.4 Å². The fourth-order valence-electron chi connectivity index (χ4n) is 2.21. The van der Waals surface area contributed by atoms with E-state index in [4.69, 9.17) is 16.3 Å². The Hall–Kier alpha value is -2.24. The minimum atomic E-state index is -0.190. The fraction of sp³-hybridized carbons (Fsp3) is 0.111. The summed E-state index contributed by atoms with van der Waals surface area (Å²) >= 11 is 7.42. The van der Waals surface area contributed by atoms with Gasteiger partial charge >= 0.3 is 0 Å². The maximum absolute atomic E-state index is 12.2. The van der Waals surface area contributed by atoms with E-state index in [0.717, 1.165) is 11.1 Å². The SMILES string of the molecule is COc1ccc(C)cc1N=C1NC(=O)/C(=C/c2ccccc2Cl)S1. The first-order chi connectivity index (χ1) is 11.6. The van der Waals surface area contributed by atoms with Crippen LogP contribution >= 0.6 is 23.4 Å². The molecule has 24 heavy (non-hydrogen) atoms. The van der Waals surface area contributed by atoms with Gasteiger partial charge in [0.15, 0.2) is 5.17 Å². The summed E-state index contributed by atoms with van der Waals surface area (Å²) in [6, 6.07) is 13.1. The highest BCUT2D eigenvalue weighted by Gasteiger charge is 2.24. The number of rotatable bonds is 3. The van der Waals surface area contributed by atoms with E-state index in [9.17, 15) is 4.79 Å².